The van der Waals surface area contributed by atoms with Crippen LogP contribution in [0.4, 0.5) is 5.82 Å². The molecule has 3 heterocycles. The molecule has 2 aromatic rings. The summed E-state index contributed by atoms with van der Waals surface area (Å²) < 4.78 is 1.63. The topological polar surface area (TPSA) is 117 Å². The zero-order valence-corrected chi connectivity index (χ0v) is 14.5. The van der Waals surface area contributed by atoms with E-state index in [1.165, 1.54) is 18.2 Å². The van der Waals surface area contributed by atoms with Crippen molar-refractivity contribution in [3.8, 4) is 0 Å². The predicted octanol–water partition coefficient (Wildman–Crippen LogP) is 0.747. The van der Waals surface area contributed by atoms with Crippen LogP contribution in [-0.2, 0) is 11.8 Å². The van der Waals surface area contributed by atoms with Gasteiger partial charge in [0.15, 0.2) is 0 Å². The Labute approximate surface area is 149 Å². The molecule has 1 saturated heterocycles. The van der Waals surface area contributed by atoms with Gasteiger partial charge in [-0.1, -0.05) is 6.07 Å². The highest BCUT2D eigenvalue weighted by molar-refractivity contribution is 6.02. The zero-order valence-electron chi connectivity index (χ0n) is 14.5. The van der Waals surface area contributed by atoms with Gasteiger partial charge in [0.25, 0.3) is 11.8 Å². The van der Waals surface area contributed by atoms with Crippen molar-refractivity contribution in [3.05, 3.63) is 41.3 Å². The number of carbonyl (C=O) groups is 3. The number of carboxylic acids is 1. The normalized spacial score (nSPS) is 17.2. The van der Waals surface area contributed by atoms with Crippen LogP contribution >= 0.6 is 0 Å². The van der Waals surface area contributed by atoms with Crippen LogP contribution in [0, 0.1) is 6.92 Å². The number of nitrogens with one attached hydrogen (secondary N) is 1. The molecule has 1 fully saturated rings. The molecule has 0 bridgehead atoms. The Morgan fingerprint density at radius 3 is 2.69 bits per heavy atom. The number of carboxylic acid groups (broad SMARTS) is 1. The Morgan fingerprint density at radius 2 is 2.04 bits per heavy atom. The maximum absolute atomic E-state index is 12.8. The molecule has 0 aromatic carbocycles. The highest BCUT2D eigenvalue weighted by Gasteiger charge is 2.32. The molecule has 2 aromatic heterocycles. The second kappa shape index (κ2) is 6.95. The van der Waals surface area contributed by atoms with Crippen LogP contribution in [0.2, 0.25) is 0 Å². The minimum atomic E-state index is -1.22. The highest BCUT2D eigenvalue weighted by atomic mass is 16.4. The molecular formula is C17H19N5O4. The lowest BCUT2D eigenvalue weighted by molar-refractivity contribution is -0.121. The Balaban J connectivity index is 1.76. The number of pyridine rings is 1. The molecular weight excluding hydrogens is 338 g/mol. The molecule has 2 N–H and O–H groups in total. The largest absolute Gasteiger partial charge is 0.477 e. The van der Waals surface area contributed by atoms with Crippen LogP contribution in [0.15, 0.2) is 24.3 Å². The second-order valence-corrected chi connectivity index (χ2v) is 6.14. The number of hydrogen-bond acceptors (Lipinski definition) is 5. The van der Waals surface area contributed by atoms with Gasteiger partial charge < -0.3 is 10.4 Å². The molecule has 1 atom stereocenters. The first-order valence-electron chi connectivity index (χ1n) is 8.20. The van der Waals surface area contributed by atoms with E-state index >= 15 is 0 Å². The number of rotatable bonds is 4. The highest BCUT2D eigenvalue weighted by Crippen LogP contribution is 2.21. The van der Waals surface area contributed by atoms with Crippen molar-refractivity contribution in [2.75, 3.05) is 11.4 Å². The van der Waals surface area contributed by atoms with Gasteiger partial charge >= 0.3 is 5.97 Å². The molecule has 3 rings (SSSR count). The summed E-state index contributed by atoms with van der Waals surface area (Å²) in [6.45, 7) is 2.40. The van der Waals surface area contributed by atoms with E-state index in [0.717, 1.165) is 12.1 Å². The van der Waals surface area contributed by atoms with E-state index in [1.807, 2.05) is 13.0 Å². The summed E-state index contributed by atoms with van der Waals surface area (Å²) in [5.41, 5.74) is 0.543. The van der Waals surface area contributed by atoms with Crippen molar-refractivity contribution >= 4 is 23.6 Å². The van der Waals surface area contributed by atoms with Gasteiger partial charge in [-0.2, -0.15) is 5.10 Å². The van der Waals surface area contributed by atoms with E-state index in [0.29, 0.717) is 18.8 Å². The Bertz CT molecular complexity index is 876. The SMILES string of the molecule is Cc1cc(N2CCCC(NC(=O)c3cccc(C(=O)O)n3)C2=O)n(C)n1. The fourth-order valence-electron chi connectivity index (χ4n) is 3.00. The smallest absolute Gasteiger partial charge is 0.354 e. The minimum absolute atomic E-state index is 0.0359. The molecule has 1 unspecified atom stereocenters. The molecule has 2 amide bonds. The predicted molar refractivity (Wildman–Crippen MR) is 92.0 cm³/mol. The van der Waals surface area contributed by atoms with E-state index in [-0.39, 0.29) is 17.3 Å². The standard InChI is InChI=1S/C17H19N5O4/c1-10-9-14(21(2)20-10)22-8-4-7-12(16(22)24)19-15(23)11-5-3-6-13(18-11)17(25)26/h3,5-6,9,12H,4,7-8H2,1-2H3,(H,19,23)(H,25,26). The number of amides is 2. The first-order chi connectivity index (χ1) is 12.4. The summed E-state index contributed by atoms with van der Waals surface area (Å²) in [5, 5.41) is 15.9. The van der Waals surface area contributed by atoms with Crippen LogP contribution in [0.5, 0.6) is 0 Å². The number of aromatic nitrogens is 3. The van der Waals surface area contributed by atoms with Crippen molar-refractivity contribution in [2.45, 2.75) is 25.8 Å². The Hall–Kier alpha value is -3.23. The molecule has 9 heteroatoms. The monoisotopic (exact) mass is 357 g/mol. The van der Waals surface area contributed by atoms with Gasteiger partial charge in [-0.15, -0.1) is 0 Å². The molecule has 9 nitrogen and oxygen atoms in total. The van der Waals surface area contributed by atoms with E-state index in [9.17, 15) is 14.4 Å². The Kier molecular flexibility index (Phi) is 4.70. The van der Waals surface area contributed by atoms with Crippen LogP contribution in [-0.4, -0.2) is 50.2 Å². The van der Waals surface area contributed by atoms with Crippen LogP contribution in [0.25, 0.3) is 0 Å². The minimum Gasteiger partial charge on any atom is -0.477 e. The van der Waals surface area contributed by atoms with Gasteiger partial charge in [0.1, 0.15) is 23.2 Å². The summed E-state index contributed by atoms with van der Waals surface area (Å²) in [7, 11) is 1.76. The molecule has 136 valence electrons. The quantitative estimate of drug-likeness (QED) is 0.834. The average Bonchev–Trinajstić information content (AvgIpc) is 2.95. The molecule has 26 heavy (non-hydrogen) atoms. The summed E-state index contributed by atoms with van der Waals surface area (Å²) in [6, 6.07) is 5.29. The lowest BCUT2D eigenvalue weighted by Crippen LogP contribution is -2.53. The number of hydrogen-bond donors (Lipinski definition) is 2. The van der Waals surface area contributed by atoms with Gasteiger partial charge in [0.2, 0.25) is 0 Å². The van der Waals surface area contributed by atoms with Gasteiger partial charge in [0, 0.05) is 19.7 Å². The van der Waals surface area contributed by atoms with Crippen LogP contribution in [0.1, 0.15) is 39.5 Å². The van der Waals surface area contributed by atoms with Crippen molar-refractivity contribution in [3.63, 3.8) is 0 Å². The number of carbonyl (C=O) groups excluding carboxylic acids is 2. The Morgan fingerprint density at radius 1 is 1.31 bits per heavy atom. The number of aryl methyl sites for hydroxylation is 2. The maximum Gasteiger partial charge on any atom is 0.354 e. The number of aromatic carboxylic acids is 1. The van der Waals surface area contributed by atoms with E-state index in [4.69, 9.17) is 5.11 Å². The molecule has 0 radical (unpaired) electrons. The van der Waals surface area contributed by atoms with Gasteiger partial charge in [-0.25, -0.2) is 9.78 Å². The molecule has 1 aliphatic rings. The van der Waals surface area contributed by atoms with Crippen molar-refractivity contribution < 1.29 is 19.5 Å². The van der Waals surface area contributed by atoms with Crippen molar-refractivity contribution in [2.24, 2.45) is 7.05 Å². The van der Waals surface area contributed by atoms with E-state index in [1.54, 1.807) is 16.6 Å². The van der Waals surface area contributed by atoms with Gasteiger partial charge in [0.05, 0.1) is 5.69 Å². The van der Waals surface area contributed by atoms with Crippen molar-refractivity contribution in [1.29, 1.82) is 0 Å². The van der Waals surface area contributed by atoms with E-state index in [2.05, 4.69) is 15.4 Å². The third-order valence-corrected chi connectivity index (χ3v) is 4.20. The summed E-state index contributed by atoms with van der Waals surface area (Å²) in [5.74, 6) is -1.33. The van der Waals surface area contributed by atoms with Gasteiger partial charge in [-0.3, -0.25) is 19.2 Å². The van der Waals surface area contributed by atoms with Crippen LogP contribution < -0.4 is 10.2 Å². The first kappa shape index (κ1) is 17.6. The number of piperidine rings is 1. The lowest BCUT2D eigenvalue weighted by Gasteiger charge is -2.32. The third-order valence-electron chi connectivity index (χ3n) is 4.20. The first-order valence-corrected chi connectivity index (χ1v) is 8.20. The molecule has 0 spiro atoms. The van der Waals surface area contributed by atoms with E-state index < -0.39 is 17.9 Å². The third kappa shape index (κ3) is 3.41. The lowest BCUT2D eigenvalue weighted by atomic mass is 10.0. The maximum atomic E-state index is 12.8. The van der Waals surface area contributed by atoms with Crippen LogP contribution in [0.3, 0.4) is 0 Å². The average molecular weight is 357 g/mol. The summed E-state index contributed by atoms with van der Waals surface area (Å²) >= 11 is 0. The fourth-order valence-corrected chi connectivity index (χ4v) is 3.00. The fraction of sp³-hybridized carbons (Fsp3) is 0.353. The number of anilines is 1. The molecule has 1 aliphatic heterocycles. The van der Waals surface area contributed by atoms with Crippen molar-refractivity contribution in [1.82, 2.24) is 20.1 Å². The molecule has 0 aliphatic carbocycles. The zero-order chi connectivity index (χ0) is 18.8. The van der Waals surface area contributed by atoms with Gasteiger partial charge in [-0.05, 0) is 31.9 Å². The summed E-state index contributed by atoms with van der Waals surface area (Å²) in [6.07, 6.45) is 1.24. The number of nitrogens with zero attached hydrogens (tertiary/aromatic N) is 4. The second-order valence-electron chi connectivity index (χ2n) is 6.14. The molecule has 0 saturated carbocycles. The summed E-state index contributed by atoms with van der Waals surface area (Å²) in [4.78, 5) is 41.6.